The lowest BCUT2D eigenvalue weighted by Gasteiger charge is -2.11. The van der Waals surface area contributed by atoms with Crippen LogP contribution >= 0.6 is 0 Å². The topological polar surface area (TPSA) is 95.3 Å². The molecular formula is C26H30N4O3. The zero-order chi connectivity index (χ0) is 23.2. The minimum absolute atomic E-state index is 0.152. The number of carbonyl (C=O) groups is 1. The van der Waals surface area contributed by atoms with E-state index in [1.165, 1.54) is 33.6 Å². The number of fused-ring (bicyclic) bond motifs is 1. The monoisotopic (exact) mass is 446 g/mol. The van der Waals surface area contributed by atoms with Gasteiger partial charge in [0.2, 0.25) is 0 Å². The first kappa shape index (κ1) is 22.6. The highest BCUT2D eigenvalue weighted by molar-refractivity contribution is 5.90. The Labute approximate surface area is 193 Å². The fourth-order valence-electron chi connectivity index (χ4n) is 4.10. The normalized spacial score (nSPS) is 12.2. The number of nitrogens with two attached hydrogens (primary N) is 1. The summed E-state index contributed by atoms with van der Waals surface area (Å²) in [6, 6.07) is 16.7. The summed E-state index contributed by atoms with van der Waals surface area (Å²) in [7, 11) is 2.04. The van der Waals surface area contributed by atoms with Crippen molar-refractivity contribution in [2.24, 2.45) is 12.8 Å². The van der Waals surface area contributed by atoms with Gasteiger partial charge in [0.15, 0.2) is 0 Å². The van der Waals surface area contributed by atoms with E-state index in [9.17, 15) is 9.90 Å². The predicted molar refractivity (Wildman–Crippen MR) is 128 cm³/mol. The number of hydrogen-bond acceptors (Lipinski definition) is 4. The zero-order valence-electron chi connectivity index (χ0n) is 18.9. The molecule has 0 spiro atoms. The Morgan fingerprint density at radius 2 is 1.94 bits per heavy atom. The molecule has 0 saturated heterocycles. The van der Waals surface area contributed by atoms with Gasteiger partial charge in [-0.15, -0.1) is 0 Å². The molecule has 2 heterocycles. The summed E-state index contributed by atoms with van der Waals surface area (Å²) in [4.78, 5) is 15.1. The van der Waals surface area contributed by atoms with Crippen molar-refractivity contribution in [3.63, 3.8) is 0 Å². The molecule has 4 aromatic rings. The largest absolute Gasteiger partial charge is 0.494 e. The second-order valence-corrected chi connectivity index (χ2v) is 8.33. The van der Waals surface area contributed by atoms with Gasteiger partial charge >= 0.3 is 0 Å². The molecular weight excluding hydrogens is 416 g/mol. The van der Waals surface area contributed by atoms with Crippen LogP contribution in [0, 0.1) is 0 Å². The maximum Gasteiger partial charge on any atom is 0.268 e. The third kappa shape index (κ3) is 5.62. The summed E-state index contributed by atoms with van der Waals surface area (Å²) < 4.78 is 9.66. The molecule has 1 amide bonds. The molecule has 0 aliphatic rings. The number of aromatic nitrogens is 3. The van der Waals surface area contributed by atoms with Crippen molar-refractivity contribution in [1.82, 2.24) is 14.1 Å². The van der Waals surface area contributed by atoms with Gasteiger partial charge in [-0.2, -0.15) is 0 Å². The molecule has 7 heteroatoms. The smallest absolute Gasteiger partial charge is 0.268 e. The number of benzene rings is 2. The number of ether oxygens (including phenoxy) is 1. The Morgan fingerprint density at radius 3 is 2.70 bits per heavy atom. The number of aryl methyl sites for hydroxylation is 3. The van der Waals surface area contributed by atoms with Crippen LogP contribution in [0.2, 0.25) is 0 Å². The van der Waals surface area contributed by atoms with Crippen LogP contribution in [0.4, 0.5) is 0 Å². The third-order valence-electron chi connectivity index (χ3n) is 5.87. The summed E-state index contributed by atoms with van der Waals surface area (Å²) in [5.41, 5.74) is 9.08. The first-order valence-corrected chi connectivity index (χ1v) is 11.3. The van der Waals surface area contributed by atoms with E-state index in [0.717, 1.165) is 36.9 Å². The summed E-state index contributed by atoms with van der Waals surface area (Å²) >= 11 is 0. The van der Waals surface area contributed by atoms with Crippen LogP contribution in [-0.4, -0.2) is 31.7 Å². The van der Waals surface area contributed by atoms with Crippen molar-refractivity contribution >= 4 is 16.8 Å². The van der Waals surface area contributed by atoms with E-state index in [2.05, 4.69) is 52.1 Å². The second kappa shape index (κ2) is 10.4. The first-order valence-electron chi connectivity index (χ1n) is 11.3. The van der Waals surface area contributed by atoms with Crippen LogP contribution < -0.4 is 10.5 Å². The van der Waals surface area contributed by atoms with Crippen LogP contribution in [0.1, 0.15) is 47.1 Å². The van der Waals surface area contributed by atoms with Crippen LogP contribution in [0.15, 0.2) is 67.3 Å². The minimum atomic E-state index is -0.746. The van der Waals surface area contributed by atoms with E-state index in [1.54, 1.807) is 0 Å². The average molecular weight is 447 g/mol. The van der Waals surface area contributed by atoms with Gasteiger partial charge in [-0.25, -0.2) is 4.98 Å². The number of aliphatic hydroxyl groups excluding tert-OH is 1. The van der Waals surface area contributed by atoms with Crippen molar-refractivity contribution in [2.75, 3.05) is 6.61 Å². The Balaban J connectivity index is 1.33. The van der Waals surface area contributed by atoms with Gasteiger partial charge in [0.05, 0.1) is 12.9 Å². The number of nitrogens with zero attached hydrogens (tertiary/aromatic N) is 3. The highest BCUT2D eigenvalue weighted by Crippen LogP contribution is 2.27. The minimum Gasteiger partial charge on any atom is -0.494 e. The molecule has 33 heavy (non-hydrogen) atoms. The number of carbonyl (C=O) groups excluding carboxylic acids is 1. The van der Waals surface area contributed by atoms with E-state index >= 15 is 0 Å². The van der Waals surface area contributed by atoms with E-state index in [1.807, 2.05) is 19.2 Å². The highest BCUT2D eigenvalue weighted by atomic mass is 16.5. The maximum atomic E-state index is 11.2. The van der Waals surface area contributed by atoms with Crippen molar-refractivity contribution in [1.29, 1.82) is 0 Å². The molecule has 0 aliphatic carbocycles. The molecule has 0 radical (unpaired) electrons. The van der Waals surface area contributed by atoms with Crippen molar-refractivity contribution in [3.05, 3.63) is 84.1 Å². The predicted octanol–water partition coefficient (Wildman–Crippen LogP) is 4.00. The summed E-state index contributed by atoms with van der Waals surface area (Å²) in [6.45, 7) is 0.674. The van der Waals surface area contributed by atoms with Crippen LogP contribution in [-0.2, 0) is 19.9 Å². The Kier molecular flexibility index (Phi) is 7.10. The van der Waals surface area contributed by atoms with E-state index < -0.39 is 12.1 Å². The van der Waals surface area contributed by atoms with E-state index in [4.69, 9.17) is 10.5 Å². The molecule has 172 valence electrons. The molecule has 3 N–H and O–H groups in total. The lowest BCUT2D eigenvalue weighted by atomic mass is 10.1. The summed E-state index contributed by atoms with van der Waals surface area (Å²) in [6.07, 6.45) is 8.42. The lowest BCUT2D eigenvalue weighted by Crippen LogP contribution is -2.11. The molecule has 7 nitrogen and oxygen atoms in total. The number of primary amides is 1. The molecule has 0 aliphatic heterocycles. The molecule has 0 fully saturated rings. The number of imidazole rings is 1. The van der Waals surface area contributed by atoms with Gasteiger partial charge < -0.3 is 24.7 Å². The number of aliphatic hydroxyl groups is 1. The van der Waals surface area contributed by atoms with Gasteiger partial charge in [-0.3, -0.25) is 4.79 Å². The Morgan fingerprint density at radius 1 is 1.12 bits per heavy atom. The molecule has 2 aromatic carbocycles. The maximum absolute atomic E-state index is 11.2. The third-order valence-corrected chi connectivity index (χ3v) is 5.87. The number of rotatable bonds is 11. The molecule has 0 bridgehead atoms. The standard InChI is InChI=1S/C26H30N4O3/c1-29-16-20(10-5-11-25(31)30-17-23(26(27)32)28-18-30)22-15-21(12-13-24(22)29)33-14-6-9-19-7-3-2-4-8-19/h2-4,7-8,12-13,15-18,25,31H,5-6,9-11,14H2,1H3,(H2,27,32)/t25-/m1/s1. The number of amides is 1. The van der Waals surface area contributed by atoms with Gasteiger partial charge in [0.25, 0.3) is 5.91 Å². The van der Waals surface area contributed by atoms with Crippen LogP contribution in [0.3, 0.4) is 0 Å². The lowest BCUT2D eigenvalue weighted by molar-refractivity contribution is 0.0918. The van der Waals surface area contributed by atoms with Gasteiger partial charge in [0.1, 0.15) is 17.7 Å². The average Bonchev–Trinajstić information content (AvgIpc) is 3.43. The molecule has 4 rings (SSSR count). The van der Waals surface area contributed by atoms with Crippen molar-refractivity contribution in [3.8, 4) is 5.75 Å². The highest BCUT2D eigenvalue weighted by Gasteiger charge is 2.12. The fourth-order valence-corrected chi connectivity index (χ4v) is 4.10. The van der Waals surface area contributed by atoms with Crippen LogP contribution in [0.5, 0.6) is 5.75 Å². The summed E-state index contributed by atoms with van der Waals surface area (Å²) in [5.74, 6) is 0.273. The van der Waals surface area contributed by atoms with Gasteiger partial charge in [-0.1, -0.05) is 30.3 Å². The zero-order valence-corrected chi connectivity index (χ0v) is 18.9. The van der Waals surface area contributed by atoms with Crippen molar-refractivity contribution in [2.45, 2.75) is 38.3 Å². The van der Waals surface area contributed by atoms with Gasteiger partial charge in [0, 0.05) is 30.3 Å². The van der Waals surface area contributed by atoms with E-state index in [-0.39, 0.29) is 5.69 Å². The van der Waals surface area contributed by atoms with E-state index in [0.29, 0.717) is 13.0 Å². The number of hydrogen-bond donors (Lipinski definition) is 2. The molecule has 2 aromatic heterocycles. The van der Waals surface area contributed by atoms with Crippen molar-refractivity contribution < 1.29 is 14.6 Å². The van der Waals surface area contributed by atoms with Gasteiger partial charge in [-0.05, 0) is 61.4 Å². The summed E-state index contributed by atoms with van der Waals surface area (Å²) in [5, 5.41) is 11.6. The molecule has 0 saturated carbocycles. The molecule has 1 atom stereocenters. The second-order valence-electron chi connectivity index (χ2n) is 8.33. The quantitative estimate of drug-likeness (QED) is 0.341. The molecule has 0 unspecified atom stereocenters. The first-order chi connectivity index (χ1) is 16.0. The Bertz CT molecular complexity index is 1210. The fraction of sp³-hybridized carbons (Fsp3) is 0.308. The SMILES string of the molecule is Cn1cc(CCC[C@@H](O)n2cnc(C(N)=O)c2)c2cc(OCCCc3ccccc3)ccc21. The van der Waals surface area contributed by atoms with Crippen LogP contribution in [0.25, 0.3) is 10.9 Å². The Hall–Kier alpha value is -3.58.